The van der Waals surface area contributed by atoms with Gasteiger partial charge in [0.05, 0.1) is 29.0 Å². The second kappa shape index (κ2) is 9.44. The van der Waals surface area contributed by atoms with Gasteiger partial charge in [-0.25, -0.2) is 4.79 Å². The number of nitrogens with zero attached hydrogens (tertiary/aromatic N) is 1. The molecule has 0 fully saturated rings. The van der Waals surface area contributed by atoms with Crippen LogP contribution in [-0.4, -0.2) is 33.0 Å². The van der Waals surface area contributed by atoms with E-state index in [-0.39, 0.29) is 22.1 Å². The maximum atomic E-state index is 13.1. The number of benzene rings is 3. The number of hydrogen-bond donors (Lipinski definition) is 1. The molecule has 3 aromatic rings. The lowest BCUT2D eigenvalue weighted by molar-refractivity contribution is 0.0600. The SMILES string of the molecule is CCc1ccc(S(=O)(=O)/N=C2\C=C(Nc3ccc(C(=O)OC)cc3)C(=O)c3ccccc32)cc1. The van der Waals surface area contributed by atoms with Gasteiger partial charge >= 0.3 is 5.97 Å². The van der Waals surface area contributed by atoms with Gasteiger partial charge in [-0.2, -0.15) is 12.8 Å². The van der Waals surface area contributed by atoms with Crippen molar-refractivity contribution < 1.29 is 22.7 Å². The fourth-order valence-corrected chi connectivity index (χ4v) is 4.54. The first-order valence-corrected chi connectivity index (χ1v) is 12.0. The number of hydrogen-bond acceptors (Lipinski definition) is 6. The number of rotatable bonds is 6. The number of anilines is 1. The fourth-order valence-electron chi connectivity index (χ4n) is 3.54. The van der Waals surface area contributed by atoms with Crippen molar-refractivity contribution in [3.05, 3.63) is 107 Å². The fraction of sp³-hybridized carbons (Fsp3) is 0.115. The predicted octanol–water partition coefficient (Wildman–Crippen LogP) is 4.41. The molecule has 0 radical (unpaired) electrons. The summed E-state index contributed by atoms with van der Waals surface area (Å²) in [6.45, 7) is 1.99. The Morgan fingerprint density at radius 2 is 1.59 bits per heavy atom. The van der Waals surface area contributed by atoms with E-state index in [0.717, 1.165) is 12.0 Å². The number of carbonyl (C=O) groups excluding carboxylic acids is 2. The van der Waals surface area contributed by atoms with Crippen molar-refractivity contribution in [1.29, 1.82) is 0 Å². The number of esters is 1. The molecule has 172 valence electrons. The van der Waals surface area contributed by atoms with E-state index < -0.39 is 16.0 Å². The molecular weight excluding hydrogens is 452 g/mol. The molecule has 0 heterocycles. The van der Waals surface area contributed by atoms with Crippen LogP contribution in [0.4, 0.5) is 5.69 Å². The number of ether oxygens (including phenoxy) is 1. The number of fused-ring (bicyclic) bond motifs is 1. The third-order valence-electron chi connectivity index (χ3n) is 5.41. The highest BCUT2D eigenvalue weighted by Crippen LogP contribution is 2.25. The summed E-state index contributed by atoms with van der Waals surface area (Å²) in [5.41, 5.74) is 3.03. The third kappa shape index (κ3) is 4.67. The number of Topliss-reactive ketones (excluding diaryl/α,β-unsaturated/α-hetero) is 1. The van der Waals surface area contributed by atoms with Gasteiger partial charge in [0.1, 0.15) is 0 Å². The molecule has 7 nitrogen and oxygen atoms in total. The van der Waals surface area contributed by atoms with E-state index in [4.69, 9.17) is 4.74 Å². The highest BCUT2D eigenvalue weighted by atomic mass is 32.2. The van der Waals surface area contributed by atoms with Crippen LogP contribution < -0.4 is 5.32 Å². The smallest absolute Gasteiger partial charge is 0.337 e. The van der Waals surface area contributed by atoms with Crippen LogP contribution in [-0.2, 0) is 21.2 Å². The summed E-state index contributed by atoms with van der Waals surface area (Å²) in [7, 11) is -2.71. The normalized spacial score (nSPS) is 14.4. The van der Waals surface area contributed by atoms with E-state index in [2.05, 4.69) is 9.71 Å². The number of ketones is 1. The van der Waals surface area contributed by atoms with E-state index >= 15 is 0 Å². The Kier molecular flexibility index (Phi) is 6.43. The van der Waals surface area contributed by atoms with Crippen LogP contribution in [0.25, 0.3) is 0 Å². The highest BCUT2D eigenvalue weighted by molar-refractivity contribution is 7.90. The molecule has 1 aliphatic carbocycles. The summed E-state index contributed by atoms with van der Waals surface area (Å²) in [4.78, 5) is 24.8. The summed E-state index contributed by atoms with van der Waals surface area (Å²) in [5, 5.41) is 3.01. The first kappa shape index (κ1) is 23.1. The molecule has 1 N–H and O–H groups in total. The molecule has 3 aromatic carbocycles. The molecule has 0 saturated heterocycles. The van der Waals surface area contributed by atoms with Gasteiger partial charge in [-0.1, -0.05) is 43.3 Å². The Morgan fingerprint density at radius 1 is 0.941 bits per heavy atom. The summed E-state index contributed by atoms with van der Waals surface area (Å²) < 4.78 is 34.8. The van der Waals surface area contributed by atoms with Crippen molar-refractivity contribution in [1.82, 2.24) is 0 Å². The minimum Gasteiger partial charge on any atom is -0.465 e. The minimum atomic E-state index is -4.01. The van der Waals surface area contributed by atoms with Crippen molar-refractivity contribution in [3.63, 3.8) is 0 Å². The molecule has 1 aliphatic rings. The van der Waals surface area contributed by atoms with Crippen LogP contribution in [0.5, 0.6) is 0 Å². The highest BCUT2D eigenvalue weighted by Gasteiger charge is 2.26. The second-order valence-electron chi connectivity index (χ2n) is 7.58. The van der Waals surface area contributed by atoms with Crippen LogP contribution in [0, 0.1) is 0 Å². The van der Waals surface area contributed by atoms with Crippen LogP contribution in [0.2, 0.25) is 0 Å². The monoisotopic (exact) mass is 474 g/mol. The topological polar surface area (TPSA) is 102 Å². The average Bonchev–Trinajstić information content (AvgIpc) is 2.86. The molecule has 0 aromatic heterocycles. The molecule has 8 heteroatoms. The first-order chi connectivity index (χ1) is 16.3. The zero-order chi connectivity index (χ0) is 24.3. The second-order valence-corrected chi connectivity index (χ2v) is 9.18. The van der Waals surface area contributed by atoms with Gasteiger partial charge in [-0.05, 0) is 54.5 Å². The molecule has 4 rings (SSSR count). The van der Waals surface area contributed by atoms with Gasteiger partial charge in [0.2, 0.25) is 5.78 Å². The van der Waals surface area contributed by atoms with Gasteiger partial charge < -0.3 is 10.1 Å². The van der Waals surface area contributed by atoms with Crippen molar-refractivity contribution in [2.75, 3.05) is 12.4 Å². The Labute approximate surface area is 197 Å². The van der Waals surface area contributed by atoms with Crippen molar-refractivity contribution in [3.8, 4) is 0 Å². The molecule has 0 bridgehead atoms. The maximum absolute atomic E-state index is 13.1. The number of carbonyl (C=O) groups is 2. The number of nitrogens with one attached hydrogen (secondary N) is 1. The van der Waals surface area contributed by atoms with Gasteiger partial charge in [-0.15, -0.1) is 0 Å². The minimum absolute atomic E-state index is 0.0767. The summed E-state index contributed by atoms with van der Waals surface area (Å²) in [6, 6.07) is 19.7. The molecule has 0 spiro atoms. The Balaban J connectivity index is 1.73. The summed E-state index contributed by atoms with van der Waals surface area (Å²) in [5.74, 6) is -0.767. The average molecular weight is 475 g/mol. The van der Waals surface area contributed by atoms with Crippen molar-refractivity contribution in [2.24, 2.45) is 4.40 Å². The standard InChI is InChI=1S/C26H22N2O5S/c1-3-17-8-14-20(15-9-17)34(31,32)28-23-16-24(25(29)22-7-5-4-6-21(22)23)27-19-12-10-18(11-13-19)26(30)33-2/h4-16,27H,3H2,1-2H3/b28-23+. The van der Waals surface area contributed by atoms with E-state index in [1.165, 1.54) is 25.3 Å². The van der Waals surface area contributed by atoms with Crippen LogP contribution in [0.1, 0.15) is 38.8 Å². The van der Waals surface area contributed by atoms with Crippen LogP contribution >= 0.6 is 0 Å². The molecule has 0 amide bonds. The molecule has 0 atom stereocenters. The van der Waals surface area contributed by atoms with E-state index in [1.54, 1.807) is 60.7 Å². The van der Waals surface area contributed by atoms with E-state index in [9.17, 15) is 18.0 Å². The maximum Gasteiger partial charge on any atom is 0.337 e. The molecule has 0 saturated carbocycles. The molecule has 0 unspecified atom stereocenters. The van der Waals surface area contributed by atoms with Gasteiger partial charge in [0.25, 0.3) is 10.0 Å². The van der Waals surface area contributed by atoms with Gasteiger partial charge in [-0.3, -0.25) is 4.79 Å². The Morgan fingerprint density at radius 3 is 2.21 bits per heavy atom. The lowest BCUT2D eigenvalue weighted by Crippen LogP contribution is -2.22. The van der Waals surface area contributed by atoms with E-state index in [1.807, 2.05) is 6.92 Å². The Hall–Kier alpha value is -4.04. The Bertz CT molecular complexity index is 1420. The number of allylic oxidation sites excluding steroid dienone is 2. The number of sulfonamides is 1. The summed E-state index contributed by atoms with van der Waals surface area (Å²) >= 11 is 0. The quantitative estimate of drug-likeness (QED) is 0.531. The zero-order valence-corrected chi connectivity index (χ0v) is 19.4. The number of aryl methyl sites for hydroxylation is 1. The molecule has 0 aliphatic heterocycles. The first-order valence-electron chi connectivity index (χ1n) is 10.6. The van der Waals surface area contributed by atoms with Crippen molar-refractivity contribution in [2.45, 2.75) is 18.2 Å². The van der Waals surface area contributed by atoms with Crippen LogP contribution in [0.3, 0.4) is 0 Å². The largest absolute Gasteiger partial charge is 0.465 e. The lowest BCUT2D eigenvalue weighted by atomic mass is 9.92. The van der Waals surface area contributed by atoms with Gasteiger partial charge in [0, 0.05) is 16.8 Å². The third-order valence-corrected chi connectivity index (χ3v) is 6.71. The predicted molar refractivity (Wildman–Crippen MR) is 130 cm³/mol. The lowest BCUT2D eigenvalue weighted by Gasteiger charge is -2.19. The molecule has 34 heavy (non-hydrogen) atoms. The molecular formula is C26H22N2O5S. The van der Waals surface area contributed by atoms with Crippen LogP contribution in [0.15, 0.2) is 93.9 Å². The summed E-state index contributed by atoms with van der Waals surface area (Å²) in [6.07, 6.45) is 2.22. The number of methoxy groups -OCH3 is 1. The van der Waals surface area contributed by atoms with E-state index in [0.29, 0.717) is 22.4 Å². The zero-order valence-electron chi connectivity index (χ0n) is 18.6. The van der Waals surface area contributed by atoms with Gasteiger partial charge in [0.15, 0.2) is 0 Å². The van der Waals surface area contributed by atoms with Crippen molar-refractivity contribution >= 4 is 33.2 Å².